The second-order valence-corrected chi connectivity index (χ2v) is 5.05. The van der Waals surface area contributed by atoms with Gasteiger partial charge in [0.1, 0.15) is 0 Å². The van der Waals surface area contributed by atoms with E-state index in [0.29, 0.717) is 28.3 Å². The number of anilines is 1. The Bertz CT molecular complexity index is 435. The van der Waals surface area contributed by atoms with Gasteiger partial charge in [-0.05, 0) is 31.0 Å². The summed E-state index contributed by atoms with van der Waals surface area (Å²) in [5.41, 5.74) is 0.622. The molecule has 6 heteroatoms. The largest absolute Gasteiger partial charge is 0.337 e. The molecule has 0 radical (unpaired) electrons. The standard InChI is InChI=1S/C12H15Cl2N3O/c13-10-4-3-9(7-11(10)14)17-12(18)16-6-5-15-8-1-2-8/h3-4,7-8,15H,1-2,5-6H2,(H2,16,17,18). The second kappa shape index (κ2) is 6.27. The van der Waals surface area contributed by atoms with Crippen LogP contribution in [0.2, 0.25) is 10.0 Å². The number of rotatable bonds is 5. The maximum absolute atomic E-state index is 11.5. The van der Waals surface area contributed by atoms with E-state index in [4.69, 9.17) is 23.2 Å². The van der Waals surface area contributed by atoms with Crippen molar-refractivity contribution in [1.29, 1.82) is 0 Å². The predicted molar refractivity (Wildman–Crippen MR) is 74.5 cm³/mol. The van der Waals surface area contributed by atoms with E-state index in [2.05, 4.69) is 16.0 Å². The summed E-state index contributed by atoms with van der Waals surface area (Å²) in [6.07, 6.45) is 2.49. The van der Waals surface area contributed by atoms with Gasteiger partial charge < -0.3 is 16.0 Å². The van der Waals surface area contributed by atoms with Gasteiger partial charge in [0.15, 0.2) is 0 Å². The Balaban J connectivity index is 1.70. The van der Waals surface area contributed by atoms with E-state index in [9.17, 15) is 4.79 Å². The molecular weight excluding hydrogens is 273 g/mol. The van der Waals surface area contributed by atoms with Crippen LogP contribution in [0.25, 0.3) is 0 Å². The first-order chi connectivity index (χ1) is 8.65. The highest BCUT2D eigenvalue weighted by molar-refractivity contribution is 6.42. The van der Waals surface area contributed by atoms with Crippen LogP contribution in [0.5, 0.6) is 0 Å². The van der Waals surface area contributed by atoms with Crippen molar-refractivity contribution in [2.75, 3.05) is 18.4 Å². The van der Waals surface area contributed by atoms with Gasteiger partial charge in [-0.3, -0.25) is 0 Å². The minimum absolute atomic E-state index is 0.244. The maximum atomic E-state index is 11.5. The third-order valence-corrected chi connectivity index (χ3v) is 3.34. The fourth-order valence-electron chi connectivity index (χ4n) is 1.49. The SMILES string of the molecule is O=C(NCCNC1CC1)Nc1ccc(Cl)c(Cl)c1. The summed E-state index contributed by atoms with van der Waals surface area (Å²) in [6, 6.07) is 5.38. The monoisotopic (exact) mass is 287 g/mol. The fraction of sp³-hybridized carbons (Fsp3) is 0.417. The molecule has 1 aromatic rings. The highest BCUT2D eigenvalue weighted by Crippen LogP contribution is 2.24. The zero-order valence-corrected chi connectivity index (χ0v) is 11.3. The van der Waals surface area contributed by atoms with Crippen LogP contribution in [0.4, 0.5) is 10.5 Å². The number of nitrogens with one attached hydrogen (secondary N) is 3. The second-order valence-electron chi connectivity index (χ2n) is 4.24. The number of benzene rings is 1. The molecule has 1 aromatic carbocycles. The molecule has 0 bridgehead atoms. The topological polar surface area (TPSA) is 53.2 Å². The van der Waals surface area contributed by atoms with Gasteiger partial charge in [0.25, 0.3) is 0 Å². The number of carbonyl (C=O) groups is 1. The lowest BCUT2D eigenvalue weighted by atomic mass is 10.3. The number of carbonyl (C=O) groups excluding carboxylic acids is 1. The average Bonchev–Trinajstić information content (AvgIpc) is 3.14. The van der Waals surface area contributed by atoms with Gasteiger partial charge in [-0.25, -0.2) is 4.79 Å². The maximum Gasteiger partial charge on any atom is 0.319 e. The van der Waals surface area contributed by atoms with Gasteiger partial charge in [-0.15, -0.1) is 0 Å². The molecular formula is C12H15Cl2N3O. The molecule has 0 spiro atoms. The molecule has 4 nitrogen and oxygen atoms in total. The average molecular weight is 288 g/mol. The van der Waals surface area contributed by atoms with Crippen molar-refractivity contribution < 1.29 is 4.79 Å². The van der Waals surface area contributed by atoms with Crippen LogP contribution in [-0.4, -0.2) is 25.2 Å². The summed E-state index contributed by atoms with van der Waals surface area (Å²) in [6.45, 7) is 1.39. The van der Waals surface area contributed by atoms with E-state index in [1.165, 1.54) is 12.8 Å². The number of hydrogen-bond acceptors (Lipinski definition) is 2. The van der Waals surface area contributed by atoms with Gasteiger partial charge in [0.2, 0.25) is 0 Å². The van der Waals surface area contributed by atoms with E-state index in [1.54, 1.807) is 18.2 Å². The third-order valence-electron chi connectivity index (χ3n) is 2.60. The summed E-state index contributed by atoms with van der Waals surface area (Å²) in [4.78, 5) is 11.5. The van der Waals surface area contributed by atoms with Crippen LogP contribution >= 0.6 is 23.2 Å². The van der Waals surface area contributed by atoms with Crippen LogP contribution in [-0.2, 0) is 0 Å². The van der Waals surface area contributed by atoms with Crippen LogP contribution in [0.1, 0.15) is 12.8 Å². The zero-order valence-electron chi connectivity index (χ0n) is 9.80. The van der Waals surface area contributed by atoms with E-state index in [-0.39, 0.29) is 6.03 Å². The fourth-order valence-corrected chi connectivity index (χ4v) is 1.79. The molecule has 1 saturated carbocycles. The smallest absolute Gasteiger partial charge is 0.319 e. The molecule has 3 N–H and O–H groups in total. The Hall–Kier alpha value is -0.970. The Morgan fingerprint density at radius 3 is 2.67 bits per heavy atom. The molecule has 0 unspecified atom stereocenters. The Morgan fingerprint density at radius 1 is 1.22 bits per heavy atom. The summed E-state index contributed by atoms with van der Waals surface area (Å²) in [7, 11) is 0. The Labute approximate surface area is 116 Å². The minimum Gasteiger partial charge on any atom is -0.337 e. The molecule has 0 atom stereocenters. The Morgan fingerprint density at radius 2 is 2.00 bits per heavy atom. The lowest BCUT2D eigenvalue weighted by molar-refractivity contribution is 0.252. The minimum atomic E-state index is -0.244. The van der Waals surface area contributed by atoms with Crippen LogP contribution in [0.15, 0.2) is 18.2 Å². The lowest BCUT2D eigenvalue weighted by Crippen LogP contribution is -2.35. The highest BCUT2D eigenvalue weighted by Gasteiger charge is 2.19. The van der Waals surface area contributed by atoms with Crippen molar-refractivity contribution in [3.63, 3.8) is 0 Å². The van der Waals surface area contributed by atoms with Crippen molar-refractivity contribution in [3.05, 3.63) is 28.2 Å². The molecule has 0 aliphatic heterocycles. The number of urea groups is 1. The first-order valence-corrected chi connectivity index (χ1v) is 6.64. The summed E-state index contributed by atoms with van der Waals surface area (Å²) in [5, 5.41) is 9.65. The number of amides is 2. The van der Waals surface area contributed by atoms with Crippen molar-refractivity contribution in [3.8, 4) is 0 Å². The molecule has 2 rings (SSSR count). The van der Waals surface area contributed by atoms with E-state index < -0.39 is 0 Å². The first kappa shape index (κ1) is 13.5. The lowest BCUT2D eigenvalue weighted by Gasteiger charge is -2.08. The van der Waals surface area contributed by atoms with Crippen LogP contribution < -0.4 is 16.0 Å². The summed E-state index contributed by atoms with van der Waals surface area (Å²) in [5.74, 6) is 0. The van der Waals surface area contributed by atoms with E-state index in [1.807, 2.05) is 0 Å². The van der Waals surface area contributed by atoms with E-state index in [0.717, 1.165) is 6.54 Å². The molecule has 98 valence electrons. The highest BCUT2D eigenvalue weighted by atomic mass is 35.5. The van der Waals surface area contributed by atoms with Gasteiger partial charge in [-0.1, -0.05) is 23.2 Å². The number of hydrogen-bond donors (Lipinski definition) is 3. The van der Waals surface area contributed by atoms with Crippen molar-refractivity contribution in [2.45, 2.75) is 18.9 Å². The molecule has 0 saturated heterocycles. The first-order valence-electron chi connectivity index (χ1n) is 5.88. The van der Waals surface area contributed by atoms with Crippen LogP contribution in [0, 0.1) is 0 Å². The Kier molecular flexibility index (Phi) is 4.69. The third kappa shape index (κ3) is 4.37. The van der Waals surface area contributed by atoms with Crippen LogP contribution in [0.3, 0.4) is 0 Å². The molecule has 1 aliphatic carbocycles. The molecule has 1 fully saturated rings. The predicted octanol–water partition coefficient (Wildman–Crippen LogP) is 2.87. The molecule has 1 aliphatic rings. The quantitative estimate of drug-likeness (QED) is 0.730. The van der Waals surface area contributed by atoms with Crippen molar-refractivity contribution in [1.82, 2.24) is 10.6 Å². The van der Waals surface area contributed by atoms with Gasteiger partial charge in [0.05, 0.1) is 10.0 Å². The molecule has 0 heterocycles. The summed E-state index contributed by atoms with van der Waals surface area (Å²) >= 11 is 11.6. The van der Waals surface area contributed by atoms with Gasteiger partial charge in [-0.2, -0.15) is 0 Å². The number of halogens is 2. The molecule has 0 aromatic heterocycles. The van der Waals surface area contributed by atoms with Gasteiger partial charge in [0, 0.05) is 24.8 Å². The normalized spacial score (nSPS) is 14.3. The molecule has 2 amide bonds. The zero-order chi connectivity index (χ0) is 13.0. The molecule has 18 heavy (non-hydrogen) atoms. The van der Waals surface area contributed by atoms with Crippen molar-refractivity contribution >= 4 is 34.9 Å². The van der Waals surface area contributed by atoms with Crippen molar-refractivity contribution in [2.24, 2.45) is 0 Å². The van der Waals surface area contributed by atoms with Gasteiger partial charge >= 0.3 is 6.03 Å². The van der Waals surface area contributed by atoms with E-state index >= 15 is 0 Å². The summed E-state index contributed by atoms with van der Waals surface area (Å²) < 4.78 is 0.